The minimum atomic E-state index is -0.0157. The van der Waals surface area contributed by atoms with E-state index in [2.05, 4.69) is 18.3 Å². The lowest BCUT2D eigenvalue weighted by Gasteiger charge is -2.07. The Hall–Kier alpha value is -2.29. The van der Waals surface area contributed by atoms with E-state index in [1.807, 2.05) is 30.3 Å². The van der Waals surface area contributed by atoms with Crippen molar-refractivity contribution in [3.05, 3.63) is 59.7 Å². The molecule has 2 rings (SSSR count). The highest BCUT2D eigenvalue weighted by Gasteiger charge is 2.04. The van der Waals surface area contributed by atoms with E-state index in [4.69, 9.17) is 5.73 Å². The smallest absolute Gasteiger partial charge is 0.228 e. The summed E-state index contributed by atoms with van der Waals surface area (Å²) in [5, 5.41) is 2.91. The maximum absolute atomic E-state index is 11.9. The summed E-state index contributed by atoms with van der Waals surface area (Å²) in [6.45, 7) is 2.09. The second-order valence-corrected chi connectivity index (χ2v) is 4.52. The molecule has 0 saturated carbocycles. The largest absolute Gasteiger partial charge is 0.399 e. The Kier molecular flexibility index (Phi) is 4.18. The fourth-order valence-electron chi connectivity index (χ4n) is 1.90. The Balaban J connectivity index is 1.99. The van der Waals surface area contributed by atoms with Crippen molar-refractivity contribution in [2.45, 2.75) is 19.8 Å². The van der Waals surface area contributed by atoms with Gasteiger partial charge in [0.15, 0.2) is 0 Å². The minimum absolute atomic E-state index is 0.0157. The highest BCUT2D eigenvalue weighted by atomic mass is 16.1. The SMILES string of the molecule is CCc1cccc(NC(=O)Cc2ccc(N)cc2)c1. The number of benzene rings is 2. The Bertz CT molecular complexity index is 561. The van der Waals surface area contributed by atoms with Crippen LogP contribution in [0.3, 0.4) is 0 Å². The van der Waals surface area contributed by atoms with Crippen LogP contribution in [-0.4, -0.2) is 5.91 Å². The van der Waals surface area contributed by atoms with Crippen molar-refractivity contribution in [2.75, 3.05) is 11.1 Å². The second kappa shape index (κ2) is 6.05. The molecule has 0 aliphatic carbocycles. The van der Waals surface area contributed by atoms with Crippen LogP contribution in [0.25, 0.3) is 0 Å². The van der Waals surface area contributed by atoms with E-state index in [9.17, 15) is 4.79 Å². The van der Waals surface area contributed by atoms with E-state index < -0.39 is 0 Å². The lowest BCUT2D eigenvalue weighted by atomic mass is 10.1. The molecule has 19 heavy (non-hydrogen) atoms. The van der Waals surface area contributed by atoms with Gasteiger partial charge in [0.1, 0.15) is 0 Å². The highest BCUT2D eigenvalue weighted by Crippen LogP contribution is 2.12. The van der Waals surface area contributed by atoms with Crippen LogP contribution in [0.15, 0.2) is 48.5 Å². The molecule has 2 aromatic carbocycles. The number of amides is 1. The van der Waals surface area contributed by atoms with Crippen molar-refractivity contribution < 1.29 is 4.79 Å². The number of hydrogen-bond donors (Lipinski definition) is 2. The molecule has 0 aliphatic rings. The predicted octanol–water partition coefficient (Wildman–Crippen LogP) is 3.01. The maximum Gasteiger partial charge on any atom is 0.228 e. The van der Waals surface area contributed by atoms with Gasteiger partial charge in [0.2, 0.25) is 5.91 Å². The zero-order valence-corrected chi connectivity index (χ0v) is 11.0. The number of rotatable bonds is 4. The first-order valence-electron chi connectivity index (χ1n) is 6.40. The molecule has 3 heteroatoms. The molecule has 0 spiro atoms. The molecule has 1 amide bonds. The topological polar surface area (TPSA) is 55.1 Å². The molecule has 0 unspecified atom stereocenters. The summed E-state index contributed by atoms with van der Waals surface area (Å²) in [4.78, 5) is 11.9. The summed E-state index contributed by atoms with van der Waals surface area (Å²) in [5.41, 5.74) is 9.34. The third-order valence-electron chi connectivity index (χ3n) is 2.96. The Morgan fingerprint density at radius 3 is 2.53 bits per heavy atom. The summed E-state index contributed by atoms with van der Waals surface area (Å²) < 4.78 is 0. The van der Waals surface area contributed by atoms with E-state index >= 15 is 0 Å². The zero-order valence-electron chi connectivity index (χ0n) is 11.0. The number of carbonyl (C=O) groups is 1. The van der Waals surface area contributed by atoms with Crippen LogP contribution >= 0.6 is 0 Å². The average molecular weight is 254 g/mol. The first-order valence-corrected chi connectivity index (χ1v) is 6.40. The number of hydrogen-bond acceptors (Lipinski definition) is 2. The van der Waals surface area contributed by atoms with Crippen molar-refractivity contribution in [1.29, 1.82) is 0 Å². The number of carbonyl (C=O) groups excluding carboxylic acids is 1. The van der Waals surface area contributed by atoms with E-state index in [0.29, 0.717) is 12.1 Å². The molecular weight excluding hydrogens is 236 g/mol. The number of anilines is 2. The van der Waals surface area contributed by atoms with E-state index in [-0.39, 0.29) is 5.91 Å². The van der Waals surface area contributed by atoms with Crippen LogP contribution in [0.5, 0.6) is 0 Å². The molecule has 3 N–H and O–H groups in total. The maximum atomic E-state index is 11.9. The molecule has 0 saturated heterocycles. The number of nitrogens with two attached hydrogens (primary N) is 1. The number of nitrogens with one attached hydrogen (secondary N) is 1. The molecule has 0 radical (unpaired) electrons. The fraction of sp³-hybridized carbons (Fsp3) is 0.188. The first kappa shape index (κ1) is 13.1. The Morgan fingerprint density at radius 2 is 1.84 bits per heavy atom. The Labute approximate surface area is 113 Å². The molecule has 0 atom stereocenters. The van der Waals surface area contributed by atoms with Gasteiger partial charge in [0.05, 0.1) is 6.42 Å². The molecule has 0 heterocycles. The first-order chi connectivity index (χ1) is 9.17. The summed E-state index contributed by atoms with van der Waals surface area (Å²) in [6.07, 6.45) is 1.32. The van der Waals surface area contributed by atoms with Gasteiger partial charge >= 0.3 is 0 Å². The van der Waals surface area contributed by atoms with Crippen LogP contribution in [0.2, 0.25) is 0 Å². The zero-order chi connectivity index (χ0) is 13.7. The van der Waals surface area contributed by atoms with E-state index in [0.717, 1.165) is 17.7 Å². The third-order valence-corrected chi connectivity index (χ3v) is 2.96. The quantitative estimate of drug-likeness (QED) is 0.824. The number of nitrogen functional groups attached to an aromatic ring is 1. The Morgan fingerprint density at radius 1 is 1.11 bits per heavy atom. The summed E-state index contributed by atoms with van der Waals surface area (Å²) in [6, 6.07) is 15.3. The van der Waals surface area contributed by atoms with Gasteiger partial charge in [-0.25, -0.2) is 0 Å². The predicted molar refractivity (Wildman–Crippen MR) is 79.0 cm³/mol. The molecule has 2 aromatic rings. The normalized spacial score (nSPS) is 10.2. The monoisotopic (exact) mass is 254 g/mol. The molecule has 98 valence electrons. The standard InChI is InChI=1S/C16H18N2O/c1-2-12-4-3-5-15(10-12)18-16(19)11-13-6-8-14(17)9-7-13/h3-10H,2,11,17H2,1H3,(H,18,19). The third kappa shape index (κ3) is 3.85. The van der Waals surface area contributed by atoms with Crippen molar-refractivity contribution >= 4 is 17.3 Å². The van der Waals surface area contributed by atoms with Crippen LogP contribution in [-0.2, 0) is 17.6 Å². The van der Waals surface area contributed by atoms with Crippen LogP contribution in [0.1, 0.15) is 18.1 Å². The van der Waals surface area contributed by atoms with Gasteiger partial charge in [-0.2, -0.15) is 0 Å². The average Bonchev–Trinajstić information content (AvgIpc) is 2.41. The van der Waals surface area contributed by atoms with Crippen molar-refractivity contribution in [3.63, 3.8) is 0 Å². The van der Waals surface area contributed by atoms with Gasteiger partial charge in [0.25, 0.3) is 0 Å². The molecular formula is C16H18N2O. The van der Waals surface area contributed by atoms with Gasteiger partial charge in [-0.1, -0.05) is 31.2 Å². The van der Waals surface area contributed by atoms with Crippen LogP contribution < -0.4 is 11.1 Å². The minimum Gasteiger partial charge on any atom is -0.399 e. The molecule has 0 bridgehead atoms. The van der Waals surface area contributed by atoms with Crippen LogP contribution in [0, 0.1) is 0 Å². The molecule has 0 aromatic heterocycles. The number of aryl methyl sites for hydroxylation is 1. The van der Waals surface area contributed by atoms with Crippen molar-refractivity contribution in [1.82, 2.24) is 0 Å². The molecule has 0 fully saturated rings. The van der Waals surface area contributed by atoms with Gasteiger partial charge in [-0.15, -0.1) is 0 Å². The highest BCUT2D eigenvalue weighted by molar-refractivity contribution is 5.92. The van der Waals surface area contributed by atoms with Crippen LogP contribution in [0.4, 0.5) is 11.4 Å². The van der Waals surface area contributed by atoms with Gasteiger partial charge in [0, 0.05) is 11.4 Å². The second-order valence-electron chi connectivity index (χ2n) is 4.52. The van der Waals surface area contributed by atoms with Gasteiger partial charge in [-0.05, 0) is 41.8 Å². The van der Waals surface area contributed by atoms with Gasteiger partial charge < -0.3 is 11.1 Å². The van der Waals surface area contributed by atoms with E-state index in [1.165, 1.54) is 5.56 Å². The lowest BCUT2D eigenvalue weighted by Crippen LogP contribution is -2.14. The fourth-order valence-corrected chi connectivity index (χ4v) is 1.90. The van der Waals surface area contributed by atoms with Gasteiger partial charge in [-0.3, -0.25) is 4.79 Å². The molecule has 3 nitrogen and oxygen atoms in total. The summed E-state index contributed by atoms with van der Waals surface area (Å²) in [7, 11) is 0. The summed E-state index contributed by atoms with van der Waals surface area (Å²) >= 11 is 0. The summed E-state index contributed by atoms with van der Waals surface area (Å²) in [5.74, 6) is -0.0157. The lowest BCUT2D eigenvalue weighted by molar-refractivity contribution is -0.115. The van der Waals surface area contributed by atoms with Crippen molar-refractivity contribution in [2.24, 2.45) is 0 Å². The molecule has 0 aliphatic heterocycles. The van der Waals surface area contributed by atoms with Crippen molar-refractivity contribution in [3.8, 4) is 0 Å². The van der Waals surface area contributed by atoms with E-state index in [1.54, 1.807) is 12.1 Å².